The van der Waals surface area contributed by atoms with Crippen LogP contribution in [0, 0.1) is 11.3 Å². The van der Waals surface area contributed by atoms with Crippen LogP contribution >= 0.6 is 11.6 Å². The Balaban J connectivity index is 2.03. The van der Waals surface area contributed by atoms with Gasteiger partial charge in [-0.25, -0.2) is 0 Å². The highest BCUT2D eigenvalue weighted by molar-refractivity contribution is 6.24. The molecular weight excluding hydrogens is 248 g/mol. The number of ketones is 1. The van der Waals surface area contributed by atoms with Crippen molar-refractivity contribution in [3.63, 3.8) is 0 Å². The first-order chi connectivity index (χ1) is 8.42. The molecule has 3 aliphatic rings. The largest absolute Gasteiger partial charge is 0.381 e. The highest BCUT2D eigenvalue weighted by Crippen LogP contribution is 2.63. The fraction of sp³-hybridized carbons (Fsp3) is 0.933. The summed E-state index contributed by atoms with van der Waals surface area (Å²) in [7, 11) is 0. The number of halogens is 1. The van der Waals surface area contributed by atoms with Crippen molar-refractivity contribution in [3.8, 4) is 0 Å². The van der Waals surface area contributed by atoms with Crippen molar-refractivity contribution < 1.29 is 9.90 Å². The number of aliphatic hydroxyl groups is 1. The van der Waals surface area contributed by atoms with Crippen molar-refractivity contribution in [2.75, 3.05) is 0 Å². The Morgan fingerprint density at radius 1 is 1.17 bits per heavy atom. The van der Waals surface area contributed by atoms with E-state index in [1.54, 1.807) is 0 Å². The molecule has 3 aliphatic carbocycles. The van der Waals surface area contributed by atoms with Crippen LogP contribution < -0.4 is 0 Å². The molecule has 3 saturated carbocycles. The number of hydrogen-bond acceptors (Lipinski definition) is 2. The van der Waals surface area contributed by atoms with Gasteiger partial charge in [0.1, 0.15) is 5.60 Å². The van der Waals surface area contributed by atoms with Gasteiger partial charge in [-0.1, -0.05) is 19.8 Å². The minimum Gasteiger partial charge on any atom is -0.381 e. The summed E-state index contributed by atoms with van der Waals surface area (Å²) in [5.74, 6) is 0.379. The first-order valence-electron chi connectivity index (χ1n) is 7.37. The van der Waals surface area contributed by atoms with Gasteiger partial charge in [0.15, 0.2) is 5.78 Å². The fourth-order valence-corrected chi connectivity index (χ4v) is 5.59. The van der Waals surface area contributed by atoms with Crippen LogP contribution in [0.15, 0.2) is 0 Å². The summed E-state index contributed by atoms with van der Waals surface area (Å²) in [4.78, 5) is 12.1. The summed E-state index contributed by atoms with van der Waals surface area (Å²) in [6, 6.07) is 0. The van der Waals surface area contributed by atoms with E-state index >= 15 is 0 Å². The first-order valence-corrected chi connectivity index (χ1v) is 7.75. The molecule has 4 atom stereocenters. The molecule has 2 nitrogen and oxygen atoms in total. The highest BCUT2D eigenvalue weighted by Gasteiger charge is 2.65. The van der Waals surface area contributed by atoms with Crippen LogP contribution in [0.3, 0.4) is 0 Å². The molecule has 0 aromatic heterocycles. The lowest BCUT2D eigenvalue weighted by Crippen LogP contribution is -2.66. The van der Waals surface area contributed by atoms with E-state index in [-0.39, 0.29) is 16.1 Å². The lowest BCUT2D eigenvalue weighted by Gasteiger charge is -2.61. The van der Waals surface area contributed by atoms with Crippen LogP contribution in [0.1, 0.15) is 64.7 Å². The minimum atomic E-state index is -1.09. The smallest absolute Gasteiger partial charge is 0.164 e. The summed E-state index contributed by atoms with van der Waals surface area (Å²) in [5.41, 5.74) is -1.38. The second-order valence-corrected chi connectivity index (χ2v) is 7.64. The monoisotopic (exact) mass is 270 g/mol. The first kappa shape index (κ1) is 12.9. The van der Waals surface area contributed by atoms with E-state index in [4.69, 9.17) is 11.6 Å². The standard InChI is InChI=1S/C15H23ClO2/c1-13-7-4-6-12(17)15(13,18)10-9-14(16)8-3-2-5-11(13)14/h11,18H,2-10H2,1H3/t11?,13-,14?,15+/m0/s1. The third-order valence-corrected chi connectivity index (χ3v) is 6.78. The SMILES string of the molecule is C[C@@]12CCCC(=O)[C@]1(O)CCC1(Cl)CCCCC12. The minimum absolute atomic E-state index is 0.0699. The van der Waals surface area contributed by atoms with Gasteiger partial charge in [-0.15, -0.1) is 11.6 Å². The predicted octanol–water partition coefficient (Wildman–Crippen LogP) is 3.44. The van der Waals surface area contributed by atoms with E-state index in [0.717, 1.165) is 32.1 Å². The Morgan fingerprint density at radius 3 is 2.72 bits per heavy atom. The zero-order valence-electron chi connectivity index (χ0n) is 11.2. The Bertz CT molecular complexity index is 383. The topological polar surface area (TPSA) is 37.3 Å². The van der Waals surface area contributed by atoms with Gasteiger partial charge in [-0.2, -0.15) is 0 Å². The normalized spacial score (nSPS) is 52.6. The Hall–Kier alpha value is -0.0800. The lowest BCUT2D eigenvalue weighted by molar-refractivity contribution is -0.187. The highest BCUT2D eigenvalue weighted by atomic mass is 35.5. The maximum atomic E-state index is 12.2. The van der Waals surface area contributed by atoms with Crippen molar-refractivity contribution in [1.82, 2.24) is 0 Å². The molecule has 0 bridgehead atoms. The van der Waals surface area contributed by atoms with Crippen molar-refractivity contribution in [2.24, 2.45) is 11.3 Å². The van der Waals surface area contributed by atoms with E-state index < -0.39 is 5.60 Å². The maximum Gasteiger partial charge on any atom is 0.164 e. The van der Waals surface area contributed by atoms with E-state index in [1.807, 2.05) is 0 Å². The fourth-order valence-electron chi connectivity index (χ4n) is 5.01. The molecule has 0 heterocycles. The molecule has 2 unspecified atom stereocenters. The van der Waals surface area contributed by atoms with Gasteiger partial charge in [-0.05, 0) is 44.4 Å². The van der Waals surface area contributed by atoms with Gasteiger partial charge < -0.3 is 5.11 Å². The average Bonchev–Trinajstić information content (AvgIpc) is 2.33. The predicted molar refractivity (Wildman–Crippen MR) is 71.7 cm³/mol. The molecule has 0 saturated heterocycles. The molecule has 3 heteroatoms. The number of Topliss-reactive ketones (excluding diaryl/α,β-unsaturated/α-hetero) is 1. The van der Waals surface area contributed by atoms with Crippen molar-refractivity contribution in [2.45, 2.75) is 75.2 Å². The summed E-state index contributed by atoms with van der Waals surface area (Å²) in [6.45, 7) is 2.12. The van der Waals surface area contributed by atoms with E-state index in [9.17, 15) is 9.90 Å². The summed E-state index contributed by atoms with van der Waals surface area (Å²) in [6.07, 6.45) is 8.32. The van der Waals surface area contributed by atoms with Gasteiger partial charge in [-0.3, -0.25) is 4.79 Å². The van der Waals surface area contributed by atoms with Crippen LogP contribution in [-0.2, 0) is 4.79 Å². The van der Waals surface area contributed by atoms with Gasteiger partial charge in [0.2, 0.25) is 0 Å². The Labute approximate surface area is 114 Å². The molecule has 18 heavy (non-hydrogen) atoms. The number of rotatable bonds is 0. The second-order valence-electron chi connectivity index (χ2n) is 6.89. The Kier molecular flexibility index (Phi) is 2.84. The van der Waals surface area contributed by atoms with Gasteiger partial charge in [0.25, 0.3) is 0 Å². The van der Waals surface area contributed by atoms with Crippen molar-refractivity contribution in [3.05, 3.63) is 0 Å². The van der Waals surface area contributed by atoms with Crippen LogP contribution in [0.4, 0.5) is 0 Å². The van der Waals surface area contributed by atoms with Crippen LogP contribution in [-0.4, -0.2) is 21.4 Å². The zero-order valence-corrected chi connectivity index (χ0v) is 11.9. The summed E-state index contributed by atoms with van der Waals surface area (Å²) in [5, 5.41) is 11.0. The number of carbonyl (C=O) groups excluding carboxylic acids is 1. The Morgan fingerprint density at radius 2 is 1.94 bits per heavy atom. The molecule has 0 radical (unpaired) electrons. The maximum absolute atomic E-state index is 12.2. The molecule has 0 spiro atoms. The van der Waals surface area contributed by atoms with Crippen molar-refractivity contribution in [1.29, 1.82) is 0 Å². The molecule has 0 aromatic rings. The molecule has 1 N–H and O–H groups in total. The number of alkyl halides is 1. The van der Waals surface area contributed by atoms with E-state index in [0.29, 0.717) is 18.8 Å². The van der Waals surface area contributed by atoms with Gasteiger partial charge in [0, 0.05) is 16.7 Å². The molecule has 3 fully saturated rings. The third-order valence-electron chi connectivity index (χ3n) is 6.14. The quantitative estimate of drug-likeness (QED) is 0.685. The van der Waals surface area contributed by atoms with Gasteiger partial charge in [0.05, 0.1) is 0 Å². The zero-order chi connectivity index (χ0) is 13.0. The van der Waals surface area contributed by atoms with Crippen LogP contribution in [0.25, 0.3) is 0 Å². The molecular formula is C15H23ClO2. The van der Waals surface area contributed by atoms with Crippen molar-refractivity contribution >= 4 is 17.4 Å². The van der Waals surface area contributed by atoms with Crippen LogP contribution in [0.2, 0.25) is 0 Å². The summed E-state index contributed by atoms with van der Waals surface area (Å²) < 4.78 is 0. The van der Waals surface area contributed by atoms with Crippen LogP contribution in [0.5, 0.6) is 0 Å². The molecule has 102 valence electrons. The molecule has 0 aromatic carbocycles. The lowest BCUT2D eigenvalue weighted by atomic mass is 9.47. The molecule has 0 amide bonds. The van der Waals surface area contributed by atoms with E-state index in [2.05, 4.69) is 6.92 Å². The van der Waals surface area contributed by atoms with E-state index in [1.165, 1.54) is 12.8 Å². The molecule has 0 aliphatic heterocycles. The molecule has 3 rings (SSSR count). The number of fused-ring (bicyclic) bond motifs is 3. The number of hydrogen-bond donors (Lipinski definition) is 1. The van der Waals surface area contributed by atoms with Gasteiger partial charge >= 0.3 is 0 Å². The number of carbonyl (C=O) groups is 1. The average molecular weight is 271 g/mol. The third kappa shape index (κ3) is 1.48. The summed E-state index contributed by atoms with van der Waals surface area (Å²) >= 11 is 6.87. The second kappa shape index (κ2) is 3.96.